The molecule has 0 bridgehead atoms. The zero-order valence-electron chi connectivity index (χ0n) is 13.6. The van der Waals surface area contributed by atoms with E-state index in [4.69, 9.17) is 34.8 Å². The number of piperidine rings is 1. The molecule has 0 unspecified atom stereocenters. The molecule has 0 aliphatic carbocycles. The lowest BCUT2D eigenvalue weighted by Crippen LogP contribution is -2.37. The van der Waals surface area contributed by atoms with Crippen LogP contribution in [0.1, 0.15) is 18.4 Å². The Kier molecular flexibility index (Phi) is 6.24. The summed E-state index contributed by atoms with van der Waals surface area (Å²) in [5.74, 6) is 0.0222. The molecule has 0 aromatic heterocycles. The Hall–Kier alpha value is -1.26. The zero-order chi connectivity index (χ0) is 17.8. The fraction of sp³-hybridized carbons (Fsp3) is 0.316. The lowest BCUT2D eigenvalue weighted by Gasteiger charge is -2.31. The Morgan fingerprint density at radius 3 is 2.44 bits per heavy atom. The molecule has 1 amide bonds. The van der Waals surface area contributed by atoms with Crippen molar-refractivity contribution in [3.63, 3.8) is 0 Å². The van der Waals surface area contributed by atoms with Gasteiger partial charge in [-0.25, -0.2) is 0 Å². The van der Waals surface area contributed by atoms with E-state index in [1.807, 2.05) is 18.2 Å². The smallest absolute Gasteiger partial charge is 0.227 e. The number of nitrogens with one attached hydrogen (secondary N) is 1. The largest absolute Gasteiger partial charge is 0.325 e. The highest BCUT2D eigenvalue weighted by Gasteiger charge is 2.25. The third-order valence-corrected chi connectivity index (χ3v) is 5.23. The fourth-order valence-corrected chi connectivity index (χ4v) is 3.74. The molecule has 6 heteroatoms. The van der Waals surface area contributed by atoms with Crippen molar-refractivity contribution in [2.24, 2.45) is 5.92 Å². The SMILES string of the molecule is O=C(Nc1ccc(Cl)cc1Cl)C1CCN(Cc2cccc(Cl)c2)CC1. The summed E-state index contributed by atoms with van der Waals surface area (Å²) < 4.78 is 0. The van der Waals surface area contributed by atoms with Gasteiger partial charge in [0, 0.05) is 22.5 Å². The van der Waals surface area contributed by atoms with Crippen LogP contribution in [0.15, 0.2) is 42.5 Å². The molecule has 2 aromatic rings. The van der Waals surface area contributed by atoms with Crippen LogP contribution in [0, 0.1) is 5.92 Å². The molecule has 2 aromatic carbocycles. The highest BCUT2D eigenvalue weighted by atomic mass is 35.5. The van der Waals surface area contributed by atoms with Gasteiger partial charge in [0.2, 0.25) is 5.91 Å². The third-order valence-electron chi connectivity index (χ3n) is 4.44. The predicted molar refractivity (Wildman–Crippen MR) is 105 cm³/mol. The van der Waals surface area contributed by atoms with Gasteiger partial charge in [-0.3, -0.25) is 9.69 Å². The molecule has 1 heterocycles. The number of carbonyl (C=O) groups excluding carboxylic acids is 1. The van der Waals surface area contributed by atoms with Crippen molar-refractivity contribution < 1.29 is 4.79 Å². The fourth-order valence-electron chi connectivity index (χ4n) is 3.07. The van der Waals surface area contributed by atoms with Gasteiger partial charge >= 0.3 is 0 Å². The van der Waals surface area contributed by atoms with Crippen LogP contribution in [0.2, 0.25) is 15.1 Å². The molecular weight excluding hydrogens is 379 g/mol. The quantitative estimate of drug-likeness (QED) is 0.739. The van der Waals surface area contributed by atoms with Crippen molar-refractivity contribution in [1.82, 2.24) is 4.90 Å². The van der Waals surface area contributed by atoms with Crippen molar-refractivity contribution in [1.29, 1.82) is 0 Å². The van der Waals surface area contributed by atoms with E-state index in [0.29, 0.717) is 15.7 Å². The number of likely N-dealkylation sites (tertiary alicyclic amines) is 1. The molecular formula is C19H19Cl3N2O. The minimum Gasteiger partial charge on any atom is -0.325 e. The second-order valence-electron chi connectivity index (χ2n) is 6.29. The lowest BCUT2D eigenvalue weighted by molar-refractivity contribution is -0.121. The van der Waals surface area contributed by atoms with Gasteiger partial charge in [-0.15, -0.1) is 0 Å². The molecule has 0 radical (unpaired) electrons. The molecule has 25 heavy (non-hydrogen) atoms. The van der Waals surface area contributed by atoms with Gasteiger partial charge in [-0.2, -0.15) is 0 Å². The summed E-state index contributed by atoms with van der Waals surface area (Å²) in [7, 11) is 0. The van der Waals surface area contributed by atoms with Crippen LogP contribution in [-0.2, 0) is 11.3 Å². The molecule has 3 rings (SSSR count). The van der Waals surface area contributed by atoms with Crippen LogP contribution < -0.4 is 5.32 Å². The first-order valence-electron chi connectivity index (χ1n) is 8.24. The van der Waals surface area contributed by atoms with Gasteiger partial charge in [-0.1, -0.05) is 46.9 Å². The van der Waals surface area contributed by atoms with Gasteiger partial charge in [0.25, 0.3) is 0 Å². The van der Waals surface area contributed by atoms with Gasteiger partial charge in [0.1, 0.15) is 0 Å². The summed E-state index contributed by atoms with van der Waals surface area (Å²) in [4.78, 5) is 14.8. The molecule has 0 spiro atoms. The van der Waals surface area contributed by atoms with E-state index >= 15 is 0 Å². The molecule has 1 N–H and O–H groups in total. The molecule has 0 saturated carbocycles. The minimum atomic E-state index is 0.00218. The molecule has 1 aliphatic rings. The number of hydrogen-bond donors (Lipinski definition) is 1. The van der Waals surface area contributed by atoms with E-state index in [2.05, 4.69) is 16.3 Å². The minimum absolute atomic E-state index is 0.00218. The second kappa shape index (κ2) is 8.41. The maximum absolute atomic E-state index is 12.5. The number of benzene rings is 2. The molecule has 1 saturated heterocycles. The standard InChI is InChI=1S/C19H19Cl3N2O/c20-15-3-1-2-13(10-15)12-24-8-6-14(7-9-24)19(25)23-18-5-4-16(21)11-17(18)22/h1-5,10-11,14H,6-9,12H2,(H,23,25). The Bertz CT molecular complexity index is 758. The summed E-state index contributed by atoms with van der Waals surface area (Å²) in [5.41, 5.74) is 1.81. The van der Waals surface area contributed by atoms with E-state index in [1.54, 1.807) is 18.2 Å². The maximum Gasteiger partial charge on any atom is 0.227 e. The Morgan fingerprint density at radius 1 is 1.04 bits per heavy atom. The maximum atomic E-state index is 12.5. The first kappa shape index (κ1) is 18.5. The highest BCUT2D eigenvalue weighted by Crippen LogP contribution is 2.27. The molecule has 132 valence electrons. The van der Waals surface area contributed by atoms with Crippen molar-refractivity contribution in [3.8, 4) is 0 Å². The first-order chi connectivity index (χ1) is 12.0. The Morgan fingerprint density at radius 2 is 1.76 bits per heavy atom. The average Bonchev–Trinajstić information content (AvgIpc) is 2.58. The number of halogens is 3. The average molecular weight is 398 g/mol. The van der Waals surface area contributed by atoms with Crippen LogP contribution in [0.4, 0.5) is 5.69 Å². The van der Waals surface area contributed by atoms with Gasteiger partial charge in [0.05, 0.1) is 10.7 Å². The van der Waals surface area contributed by atoms with Crippen LogP contribution >= 0.6 is 34.8 Å². The Labute approximate surface area is 162 Å². The third kappa shape index (κ3) is 5.11. The van der Waals surface area contributed by atoms with E-state index in [-0.39, 0.29) is 11.8 Å². The molecule has 3 nitrogen and oxygen atoms in total. The number of hydrogen-bond acceptors (Lipinski definition) is 2. The number of amides is 1. The highest BCUT2D eigenvalue weighted by molar-refractivity contribution is 6.36. The molecule has 0 atom stereocenters. The van der Waals surface area contributed by atoms with Gasteiger partial charge in [-0.05, 0) is 61.8 Å². The number of rotatable bonds is 4. The summed E-state index contributed by atoms with van der Waals surface area (Å²) in [6.07, 6.45) is 1.66. The number of nitrogens with zero attached hydrogens (tertiary/aromatic N) is 1. The van der Waals surface area contributed by atoms with E-state index in [0.717, 1.165) is 37.5 Å². The number of anilines is 1. The van der Waals surface area contributed by atoms with Gasteiger partial charge < -0.3 is 5.32 Å². The van der Waals surface area contributed by atoms with Crippen LogP contribution in [0.3, 0.4) is 0 Å². The first-order valence-corrected chi connectivity index (χ1v) is 9.37. The summed E-state index contributed by atoms with van der Waals surface area (Å²) in [6, 6.07) is 13.0. The topological polar surface area (TPSA) is 32.3 Å². The predicted octanol–water partition coefficient (Wildman–Crippen LogP) is 5.50. The lowest BCUT2D eigenvalue weighted by atomic mass is 9.95. The van der Waals surface area contributed by atoms with Crippen molar-refractivity contribution in [2.45, 2.75) is 19.4 Å². The summed E-state index contributed by atoms with van der Waals surface area (Å²) in [6.45, 7) is 2.63. The van der Waals surface area contributed by atoms with E-state index in [1.165, 1.54) is 5.56 Å². The Balaban J connectivity index is 1.52. The van der Waals surface area contributed by atoms with Crippen molar-refractivity contribution in [2.75, 3.05) is 18.4 Å². The normalized spacial score (nSPS) is 16.0. The monoisotopic (exact) mass is 396 g/mol. The molecule has 1 aliphatic heterocycles. The summed E-state index contributed by atoms with van der Waals surface area (Å²) >= 11 is 18.0. The van der Waals surface area contributed by atoms with E-state index in [9.17, 15) is 4.79 Å². The number of carbonyl (C=O) groups is 1. The van der Waals surface area contributed by atoms with Crippen molar-refractivity contribution in [3.05, 3.63) is 63.1 Å². The van der Waals surface area contributed by atoms with Crippen molar-refractivity contribution >= 4 is 46.4 Å². The van der Waals surface area contributed by atoms with E-state index < -0.39 is 0 Å². The van der Waals surface area contributed by atoms with Crippen LogP contribution in [-0.4, -0.2) is 23.9 Å². The molecule has 1 fully saturated rings. The van der Waals surface area contributed by atoms with Gasteiger partial charge in [0.15, 0.2) is 0 Å². The summed E-state index contributed by atoms with van der Waals surface area (Å²) in [5, 5.41) is 4.68. The van der Waals surface area contributed by atoms with Crippen LogP contribution in [0.5, 0.6) is 0 Å². The van der Waals surface area contributed by atoms with Crippen LogP contribution in [0.25, 0.3) is 0 Å². The second-order valence-corrected chi connectivity index (χ2v) is 7.57. The zero-order valence-corrected chi connectivity index (χ0v) is 15.9.